The molecule has 0 rings (SSSR count). The molecule has 0 aromatic rings. The van der Waals surface area contributed by atoms with Crippen LogP contribution in [0.2, 0.25) is 0 Å². The van der Waals surface area contributed by atoms with Crippen molar-refractivity contribution in [3.8, 4) is 0 Å². The van der Waals surface area contributed by atoms with Crippen LogP contribution < -0.4 is 11.1 Å². The number of nitrogens with zero attached hydrogens (tertiary/aromatic N) is 1. The molecule has 0 bridgehead atoms. The molecule has 0 aliphatic carbocycles. The van der Waals surface area contributed by atoms with Gasteiger partial charge in [0.15, 0.2) is 0 Å². The summed E-state index contributed by atoms with van der Waals surface area (Å²) in [6.07, 6.45) is 0.374. The van der Waals surface area contributed by atoms with Gasteiger partial charge >= 0.3 is 6.09 Å². The van der Waals surface area contributed by atoms with Gasteiger partial charge in [-0.05, 0) is 33.6 Å². The van der Waals surface area contributed by atoms with E-state index in [1.54, 1.807) is 0 Å². The smallest absolute Gasteiger partial charge is 0.404 e. The number of nitrogens with one attached hydrogen (secondary N) is 1. The molecule has 0 heterocycles. The predicted molar refractivity (Wildman–Crippen MR) is 51.6 cm³/mol. The highest BCUT2D eigenvalue weighted by Crippen LogP contribution is 1.80. The molecule has 5 nitrogen and oxygen atoms in total. The summed E-state index contributed by atoms with van der Waals surface area (Å²) in [5.41, 5.74) is 4.78. The second-order valence-electron chi connectivity index (χ2n) is 3.07. The molecule has 0 aliphatic heterocycles. The van der Waals surface area contributed by atoms with Gasteiger partial charge in [-0.15, -0.1) is 0 Å². The van der Waals surface area contributed by atoms with Gasteiger partial charge in [0.2, 0.25) is 0 Å². The van der Waals surface area contributed by atoms with Gasteiger partial charge in [-0.1, -0.05) is 0 Å². The normalized spacial score (nSPS) is 10.4. The maximum Gasteiger partial charge on any atom is 0.404 e. The van der Waals surface area contributed by atoms with Crippen LogP contribution in [-0.4, -0.2) is 51.3 Å². The lowest BCUT2D eigenvalue weighted by atomic mass is 10.4. The van der Waals surface area contributed by atoms with E-state index in [4.69, 9.17) is 5.73 Å². The summed E-state index contributed by atoms with van der Waals surface area (Å²) in [6.45, 7) is 3.00. The minimum Gasteiger partial charge on any atom is -0.448 e. The molecule has 0 aliphatic rings. The maximum atomic E-state index is 10.1. The summed E-state index contributed by atoms with van der Waals surface area (Å²) >= 11 is 0. The Kier molecular flexibility index (Phi) is 7.33. The zero-order valence-electron chi connectivity index (χ0n) is 8.38. The fourth-order valence-electron chi connectivity index (χ4n) is 0.869. The first-order chi connectivity index (χ1) is 6.13. The monoisotopic (exact) mass is 189 g/mol. The number of carbonyl (C=O) groups excluding carboxylic acids is 1. The third-order valence-corrected chi connectivity index (χ3v) is 1.48. The molecule has 1 amide bonds. The van der Waals surface area contributed by atoms with Gasteiger partial charge in [0.25, 0.3) is 0 Å². The van der Waals surface area contributed by atoms with Crippen LogP contribution in [-0.2, 0) is 4.74 Å². The third-order valence-electron chi connectivity index (χ3n) is 1.48. The van der Waals surface area contributed by atoms with Crippen molar-refractivity contribution in [2.75, 3.05) is 40.3 Å². The van der Waals surface area contributed by atoms with Gasteiger partial charge < -0.3 is 20.7 Å². The first-order valence-corrected chi connectivity index (χ1v) is 4.40. The van der Waals surface area contributed by atoms with E-state index in [-0.39, 0.29) is 0 Å². The van der Waals surface area contributed by atoms with E-state index in [0.717, 1.165) is 19.5 Å². The lowest BCUT2D eigenvalue weighted by Gasteiger charge is -2.09. The van der Waals surface area contributed by atoms with Crippen molar-refractivity contribution in [1.82, 2.24) is 10.2 Å². The van der Waals surface area contributed by atoms with Crippen molar-refractivity contribution < 1.29 is 9.53 Å². The highest BCUT2D eigenvalue weighted by molar-refractivity contribution is 5.64. The molecule has 0 saturated heterocycles. The number of carbonyl (C=O) groups is 1. The lowest BCUT2D eigenvalue weighted by Crippen LogP contribution is -2.26. The third kappa shape index (κ3) is 11.2. The quantitative estimate of drug-likeness (QED) is 0.536. The average Bonchev–Trinajstić information content (AvgIpc) is 2.01. The number of nitrogens with two attached hydrogens (primary N) is 1. The van der Waals surface area contributed by atoms with Crippen molar-refractivity contribution in [3.63, 3.8) is 0 Å². The Hall–Kier alpha value is -0.810. The van der Waals surface area contributed by atoms with Crippen LogP contribution in [0.1, 0.15) is 6.42 Å². The van der Waals surface area contributed by atoms with Crippen molar-refractivity contribution in [3.05, 3.63) is 0 Å². The van der Waals surface area contributed by atoms with Gasteiger partial charge in [0.05, 0.1) is 0 Å². The van der Waals surface area contributed by atoms with E-state index in [1.165, 1.54) is 0 Å². The van der Waals surface area contributed by atoms with E-state index in [1.807, 2.05) is 14.1 Å². The Morgan fingerprint density at radius 1 is 1.46 bits per heavy atom. The topological polar surface area (TPSA) is 67.6 Å². The van der Waals surface area contributed by atoms with Crippen LogP contribution in [0.4, 0.5) is 4.79 Å². The molecule has 3 N–H and O–H groups in total. The number of ether oxygens (including phenoxy) is 1. The van der Waals surface area contributed by atoms with Crippen LogP contribution in [0.3, 0.4) is 0 Å². The fourth-order valence-corrected chi connectivity index (χ4v) is 0.869. The zero-order chi connectivity index (χ0) is 10.1. The van der Waals surface area contributed by atoms with Crippen molar-refractivity contribution >= 4 is 6.09 Å². The Balaban J connectivity index is 2.96. The number of hydrogen-bond donors (Lipinski definition) is 2. The van der Waals surface area contributed by atoms with E-state index in [2.05, 4.69) is 15.0 Å². The molecule has 0 radical (unpaired) electrons. The average molecular weight is 189 g/mol. The zero-order valence-corrected chi connectivity index (χ0v) is 8.38. The summed E-state index contributed by atoms with van der Waals surface area (Å²) in [5.74, 6) is 0. The number of amides is 1. The van der Waals surface area contributed by atoms with E-state index >= 15 is 0 Å². The molecular weight excluding hydrogens is 170 g/mol. The summed E-state index contributed by atoms with van der Waals surface area (Å²) in [5, 5.41) is 3.14. The van der Waals surface area contributed by atoms with E-state index in [9.17, 15) is 4.79 Å². The molecule has 5 heteroatoms. The molecular formula is C8H19N3O2. The molecule has 78 valence electrons. The van der Waals surface area contributed by atoms with Crippen LogP contribution in [0.25, 0.3) is 0 Å². The molecule has 0 aromatic carbocycles. The second-order valence-corrected chi connectivity index (χ2v) is 3.07. The van der Waals surface area contributed by atoms with Crippen LogP contribution in [0.5, 0.6) is 0 Å². The highest BCUT2D eigenvalue weighted by Gasteiger charge is 1.93. The first-order valence-electron chi connectivity index (χ1n) is 4.40. The minimum atomic E-state index is -0.713. The predicted octanol–water partition coefficient (Wildman–Crippen LogP) is -0.377. The number of hydrogen-bond acceptors (Lipinski definition) is 4. The highest BCUT2D eigenvalue weighted by atomic mass is 16.5. The Morgan fingerprint density at radius 2 is 2.15 bits per heavy atom. The molecule has 0 fully saturated rings. The van der Waals surface area contributed by atoms with Crippen LogP contribution in [0.15, 0.2) is 0 Å². The Bertz CT molecular complexity index is 139. The molecule has 0 aromatic heterocycles. The molecule has 13 heavy (non-hydrogen) atoms. The van der Waals surface area contributed by atoms with Gasteiger partial charge in [0.1, 0.15) is 6.61 Å². The summed E-state index contributed by atoms with van der Waals surface area (Å²) in [4.78, 5) is 12.3. The fraction of sp³-hybridized carbons (Fsp3) is 0.875. The first kappa shape index (κ1) is 12.2. The molecule has 0 spiro atoms. The molecule has 0 unspecified atom stereocenters. The summed E-state index contributed by atoms with van der Waals surface area (Å²) < 4.78 is 4.54. The largest absolute Gasteiger partial charge is 0.448 e. The maximum absolute atomic E-state index is 10.1. The van der Waals surface area contributed by atoms with Gasteiger partial charge in [-0.3, -0.25) is 0 Å². The Morgan fingerprint density at radius 3 is 2.69 bits per heavy atom. The van der Waals surface area contributed by atoms with Gasteiger partial charge in [0, 0.05) is 6.54 Å². The van der Waals surface area contributed by atoms with Crippen LogP contribution in [0, 0.1) is 0 Å². The molecule has 0 atom stereocenters. The number of primary amides is 1. The van der Waals surface area contributed by atoms with E-state index < -0.39 is 6.09 Å². The van der Waals surface area contributed by atoms with Crippen LogP contribution >= 0.6 is 0 Å². The molecule has 0 saturated carbocycles. The Labute approximate surface area is 79.2 Å². The van der Waals surface area contributed by atoms with Crippen molar-refractivity contribution in [1.29, 1.82) is 0 Å². The second kappa shape index (κ2) is 7.82. The lowest BCUT2D eigenvalue weighted by molar-refractivity contribution is 0.157. The summed E-state index contributed by atoms with van der Waals surface area (Å²) in [6, 6.07) is 0. The number of rotatable bonds is 7. The SMILES string of the molecule is CN(C)CCCNCCOC(N)=O. The van der Waals surface area contributed by atoms with Crippen molar-refractivity contribution in [2.45, 2.75) is 6.42 Å². The summed E-state index contributed by atoms with van der Waals surface area (Å²) in [7, 11) is 4.08. The van der Waals surface area contributed by atoms with E-state index in [0.29, 0.717) is 13.2 Å². The minimum absolute atomic E-state index is 0.345. The van der Waals surface area contributed by atoms with Gasteiger partial charge in [-0.25, -0.2) is 4.79 Å². The standard InChI is InChI=1S/C8H19N3O2/c1-11(2)6-3-4-10-5-7-13-8(9)12/h10H,3-7H2,1-2H3,(H2,9,12). The van der Waals surface area contributed by atoms with Crippen molar-refractivity contribution in [2.24, 2.45) is 5.73 Å². The van der Waals surface area contributed by atoms with Gasteiger partial charge in [-0.2, -0.15) is 0 Å².